The van der Waals surface area contributed by atoms with Gasteiger partial charge in [-0.3, -0.25) is 14.5 Å². The Balaban J connectivity index is 2.00. The van der Waals surface area contributed by atoms with Gasteiger partial charge in [0.05, 0.1) is 17.6 Å². The maximum atomic E-state index is 12.3. The summed E-state index contributed by atoms with van der Waals surface area (Å²) >= 11 is 5.96. The van der Waals surface area contributed by atoms with Crippen LogP contribution in [-0.4, -0.2) is 39.9 Å². The summed E-state index contributed by atoms with van der Waals surface area (Å²) in [5.41, 5.74) is -0.0855. The first-order chi connectivity index (χ1) is 11.9. The van der Waals surface area contributed by atoms with Gasteiger partial charge in [0.2, 0.25) is 0 Å². The lowest BCUT2D eigenvalue weighted by atomic mass is 10.1. The number of rotatable bonds is 4. The molecule has 1 N–H and O–H groups in total. The fraction of sp³-hybridized carbons (Fsp3) is 0.125. The Hall–Kier alpha value is -2.65. The molecule has 0 aliphatic carbocycles. The molecule has 3 rings (SSSR count). The summed E-state index contributed by atoms with van der Waals surface area (Å²) in [6, 6.07) is 6.62. The number of carbonyl (C=O) groups excluding carboxylic acids is 1. The highest BCUT2D eigenvalue weighted by molar-refractivity contribution is 8.26. The predicted octanol–water partition coefficient (Wildman–Crippen LogP) is 2.09. The quantitative estimate of drug-likeness (QED) is 0.491. The summed E-state index contributed by atoms with van der Waals surface area (Å²) in [7, 11) is 1.51. The molecule has 2 aromatic rings. The summed E-state index contributed by atoms with van der Waals surface area (Å²) in [5, 5.41) is 9.49. The van der Waals surface area contributed by atoms with Crippen LogP contribution in [0.3, 0.4) is 0 Å². The number of carbonyl (C=O) groups is 2. The Kier molecular flexibility index (Phi) is 4.60. The highest BCUT2D eigenvalue weighted by atomic mass is 32.2. The van der Waals surface area contributed by atoms with Gasteiger partial charge in [-0.25, -0.2) is 4.79 Å². The van der Waals surface area contributed by atoms with Gasteiger partial charge in [0.1, 0.15) is 22.2 Å². The SMILES string of the molecule is COc1ccc2cc(C=C3SC(=S)N(CC(=O)O)C3=O)c(=O)oc2c1. The van der Waals surface area contributed by atoms with Gasteiger partial charge in [-0.15, -0.1) is 0 Å². The van der Waals surface area contributed by atoms with Gasteiger partial charge in [0.15, 0.2) is 0 Å². The number of aliphatic carboxylic acids is 1. The third-order valence-electron chi connectivity index (χ3n) is 3.42. The molecule has 1 saturated heterocycles. The van der Waals surface area contributed by atoms with Gasteiger partial charge < -0.3 is 14.3 Å². The average Bonchev–Trinajstić information content (AvgIpc) is 2.82. The van der Waals surface area contributed by atoms with Gasteiger partial charge in [-0.1, -0.05) is 24.0 Å². The number of fused-ring (bicyclic) bond motifs is 1. The first-order valence-electron chi connectivity index (χ1n) is 6.98. The van der Waals surface area contributed by atoms with Gasteiger partial charge in [0.25, 0.3) is 5.91 Å². The summed E-state index contributed by atoms with van der Waals surface area (Å²) in [6.07, 6.45) is 1.36. The zero-order chi connectivity index (χ0) is 18.1. The van der Waals surface area contributed by atoms with Crippen molar-refractivity contribution in [1.29, 1.82) is 0 Å². The minimum Gasteiger partial charge on any atom is -0.497 e. The van der Waals surface area contributed by atoms with Crippen molar-refractivity contribution in [2.24, 2.45) is 0 Å². The first kappa shape index (κ1) is 17.2. The Labute approximate surface area is 150 Å². The number of nitrogens with zero attached hydrogens (tertiary/aromatic N) is 1. The lowest BCUT2D eigenvalue weighted by molar-refractivity contribution is -0.140. The van der Waals surface area contributed by atoms with Crippen LogP contribution in [0.15, 0.2) is 38.4 Å². The second kappa shape index (κ2) is 6.69. The molecule has 0 spiro atoms. The predicted molar refractivity (Wildman–Crippen MR) is 96.6 cm³/mol. The van der Waals surface area contributed by atoms with Crippen LogP contribution in [0.2, 0.25) is 0 Å². The molecule has 9 heteroatoms. The van der Waals surface area contributed by atoms with Crippen LogP contribution in [0.4, 0.5) is 0 Å². The van der Waals surface area contributed by atoms with Crippen LogP contribution in [0.25, 0.3) is 17.0 Å². The fourth-order valence-corrected chi connectivity index (χ4v) is 3.49. The van der Waals surface area contributed by atoms with Crippen molar-refractivity contribution in [2.75, 3.05) is 13.7 Å². The smallest absolute Gasteiger partial charge is 0.343 e. The van der Waals surface area contributed by atoms with E-state index in [4.69, 9.17) is 26.5 Å². The molecular formula is C16H11NO6S2. The van der Waals surface area contributed by atoms with Gasteiger partial charge in [0, 0.05) is 11.5 Å². The third-order valence-corrected chi connectivity index (χ3v) is 4.80. The zero-order valence-corrected chi connectivity index (χ0v) is 14.5. The van der Waals surface area contributed by atoms with E-state index in [1.165, 1.54) is 13.2 Å². The summed E-state index contributed by atoms with van der Waals surface area (Å²) < 4.78 is 10.5. The zero-order valence-electron chi connectivity index (χ0n) is 12.8. The number of carboxylic acids is 1. The van der Waals surface area contributed by atoms with Crippen LogP contribution in [-0.2, 0) is 9.59 Å². The summed E-state index contributed by atoms with van der Waals surface area (Å²) in [5.74, 6) is -1.17. The lowest BCUT2D eigenvalue weighted by Gasteiger charge is -2.10. The first-order valence-corrected chi connectivity index (χ1v) is 8.20. The molecule has 0 saturated carbocycles. The fourth-order valence-electron chi connectivity index (χ4n) is 2.25. The van der Waals surface area contributed by atoms with Crippen molar-refractivity contribution >= 4 is 57.2 Å². The van der Waals surface area contributed by atoms with Gasteiger partial charge >= 0.3 is 11.6 Å². The highest BCUT2D eigenvalue weighted by Gasteiger charge is 2.33. The van der Waals surface area contributed by atoms with Crippen LogP contribution < -0.4 is 10.4 Å². The second-order valence-corrected chi connectivity index (χ2v) is 6.73. The minimum atomic E-state index is -1.17. The second-order valence-electron chi connectivity index (χ2n) is 5.05. The molecule has 7 nitrogen and oxygen atoms in total. The van der Waals surface area contributed by atoms with E-state index >= 15 is 0 Å². The molecule has 1 aliphatic heterocycles. The Morgan fingerprint density at radius 1 is 1.40 bits per heavy atom. The molecule has 1 aliphatic rings. The van der Waals surface area contributed by atoms with Crippen LogP contribution in [0, 0.1) is 0 Å². The number of carboxylic acid groups (broad SMARTS) is 1. The number of benzene rings is 1. The molecule has 0 radical (unpaired) electrons. The third kappa shape index (κ3) is 3.42. The normalized spacial score (nSPS) is 16.0. The number of thioether (sulfide) groups is 1. The summed E-state index contributed by atoms with van der Waals surface area (Å²) in [4.78, 5) is 36.4. The molecule has 1 amide bonds. The van der Waals surface area contributed by atoms with E-state index in [-0.39, 0.29) is 14.8 Å². The Morgan fingerprint density at radius 3 is 2.84 bits per heavy atom. The van der Waals surface area contributed by atoms with Gasteiger partial charge in [-0.2, -0.15) is 0 Å². The average molecular weight is 377 g/mol. The van der Waals surface area contributed by atoms with Crippen molar-refractivity contribution in [2.45, 2.75) is 0 Å². The number of hydrogen-bond acceptors (Lipinski definition) is 7. The molecule has 1 aromatic carbocycles. The van der Waals surface area contributed by atoms with E-state index < -0.39 is 24.0 Å². The van der Waals surface area contributed by atoms with Crippen LogP contribution in [0.5, 0.6) is 5.75 Å². The lowest BCUT2D eigenvalue weighted by Crippen LogP contribution is -2.33. The highest BCUT2D eigenvalue weighted by Crippen LogP contribution is 2.32. The Bertz CT molecular complexity index is 994. The van der Waals surface area contributed by atoms with Crippen molar-refractivity contribution in [3.8, 4) is 5.75 Å². The molecule has 25 heavy (non-hydrogen) atoms. The molecule has 128 valence electrons. The van der Waals surface area contributed by atoms with E-state index in [2.05, 4.69) is 0 Å². The number of thiocarbonyl (C=S) groups is 1. The number of ether oxygens (including phenoxy) is 1. The molecule has 1 aromatic heterocycles. The van der Waals surface area contributed by atoms with Crippen LogP contribution in [0.1, 0.15) is 5.56 Å². The van der Waals surface area contributed by atoms with E-state index in [0.29, 0.717) is 16.7 Å². The van der Waals surface area contributed by atoms with E-state index in [9.17, 15) is 14.4 Å². The molecule has 0 atom stereocenters. The molecular weight excluding hydrogens is 366 g/mol. The molecule has 1 fully saturated rings. The van der Waals surface area contributed by atoms with Crippen molar-refractivity contribution in [3.63, 3.8) is 0 Å². The monoisotopic (exact) mass is 377 g/mol. The number of methoxy groups -OCH3 is 1. The van der Waals surface area contributed by atoms with Crippen molar-refractivity contribution in [3.05, 3.63) is 45.2 Å². The van der Waals surface area contributed by atoms with Crippen molar-refractivity contribution < 1.29 is 23.8 Å². The Morgan fingerprint density at radius 2 is 2.16 bits per heavy atom. The maximum Gasteiger partial charge on any atom is 0.343 e. The van der Waals surface area contributed by atoms with E-state index in [1.807, 2.05) is 0 Å². The minimum absolute atomic E-state index is 0.133. The number of amides is 1. The number of hydrogen-bond donors (Lipinski definition) is 1. The van der Waals surface area contributed by atoms with Gasteiger partial charge in [-0.05, 0) is 24.3 Å². The topological polar surface area (TPSA) is 97.0 Å². The van der Waals surface area contributed by atoms with Crippen LogP contribution >= 0.6 is 24.0 Å². The van der Waals surface area contributed by atoms with Crippen molar-refractivity contribution in [1.82, 2.24) is 4.90 Å². The van der Waals surface area contributed by atoms with E-state index in [0.717, 1.165) is 16.7 Å². The molecule has 0 unspecified atom stereocenters. The molecule has 2 heterocycles. The largest absolute Gasteiger partial charge is 0.497 e. The maximum absolute atomic E-state index is 12.3. The summed E-state index contributed by atoms with van der Waals surface area (Å²) in [6.45, 7) is -0.520. The molecule has 0 bridgehead atoms. The van der Waals surface area contributed by atoms with E-state index in [1.54, 1.807) is 24.3 Å². The standard InChI is InChI=1S/C16H11NO6S2/c1-22-10-3-2-8-4-9(15(21)23-11(8)6-10)5-12-14(20)17(7-13(18)19)16(24)25-12/h2-6H,7H2,1H3,(H,18,19).